The van der Waals surface area contributed by atoms with Gasteiger partial charge in [0.05, 0.1) is 26.7 Å². The van der Waals surface area contributed by atoms with Crippen molar-refractivity contribution in [2.45, 2.75) is 6.42 Å². The van der Waals surface area contributed by atoms with Crippen LogP contribution in [0.15, 0.2) is 36.4 Å². The normalized spacial score (nSPS) is 17.0. The highest BCUT2D eigenvalue weighted by Gasteiger charge is 2.36. The zero-order valence-corrected chi connectivity index (χ0v) is 15.0. The van der Waals surface area contributed by atoms with Crippen molar-refractivity contribution >= 4 is 58.0 Å². The molecule has 1 aliphatic rings. The maximum absolute atomic E-state index is 13.2. The quantitative estimate of drug-likeness (QED) is 0.805. The number of carbonyl (C=O) groups is 2. The second-order valence-corrected chi connectivity index (χ2v) is 6.79. The van der Waals surface area contributed by atoms with Gasteiger partial charge in [0, 0.05) is 18.7 Å². The molecule has 0 bridgehead atoms. The van der Waals surface area contributed by atoms with Crippen LogP contribution in [0.5, 0.6) is 0 Å². The molecule has 2 aromatic carbocycles. The van der Waals surface area contributed by atoms with Gasteiger partial charge in [-0.3, -0.25) is 9.59 Å². The molecule has 0 radical (unpaired) electrons. The van der Waals surface area contributed by atoms with E-state index in [4.69, 9.17) is 34.8 Å². The molecule has 1 heterocycles. The van der Waals surface area contributed by atoms with Crippen molar-refractivity contribution in [2.75, 3.05) is 16.8 Å². The number of benzene rings is 2. The molecule has 1 fully saturated rings. The van der Waals surface area contributed by atoms with E-state index in [-0.39, 0.29) is 34.8 Å². The Bertz CT molecular complexity index is 860. The monoisotopic (exact) mass is 400 g/mol. The third-order valence-corrected chi connectivity index (χ3v) is 5.00. The smallest absolute Gasteiger partial charge is 0.229 e. The number of nitrogens with one attached hydrogen (secondary N) is 1. The van der Waals surface area contributed by atoms with E-state index < -0.39 is 11.7 Å². The SMILES string of the molecule is O=C(Nc1ccc(F)c(Cl)c1)[C@@H]1CC(=O)N(c2cccc(Cl)c2Cl)C1. The first-order valence-corrected chi connectivity index (χ1v) is 8.50. The van der Waals surface area contributed by atoms with Crippen molar-refractivity contribution in [3.63, 3.8) is 0 Å². The first-order chi connectivity index (χ1) is 11.9. The second-order valence-electron chi connectivity index (χ2n) is 5.60. The molecule has 0 aliphatic carbocycles. The zero-order chi connectivity index (χ0) is 18.1. The Balaban J connectivity index is 1.74. The van der Waals surface area contributed by atoms with E-state index in [2.05, 4.69) is 5.32 Å². The van der Waals surface area contributed by atoms with Crippen LogP contribution in [0.3, 0.4) is 0 Å². The Hall–Kier alpha value is -1.82. The van der Waals surface area contributed by atoms with Crippen molar-refractivity contribution in [1.29, 1.82) is 0 Å². The van der Waals surface area contributed by atoms with Gasteiger partial charge < -0.3 is 10.2 Å². The highest BCUT2D eigenvalue weighted by Crippen LogP contribution is 2.36. The largest absolute Gasteiger partial charge is 0.326 e. The molecule has 130 valence electrons. The van der Waals surface area contributed by atoms with Gasteiger partial charge in [0.2, 0.25) is 11.8 Å². The maximum atomic E-state index is 13.2. The lowest BCUT2D eigenvalue weighted by Gasteiger charge is -2.18. The number of hydrogen-bond donors (Lipinski definition) is 1. The number of rotatable bonds is 3. The van der Waals surface area contributed by atoms with Crippen LogP contribution in [0.1, 0.15) is 6.42 Å². The predicted molar refractivity (Wildman–Crippen MR) is 97.0 cm³/mol. The molecule has 8 heteroatoms. The van der Waals surface area contributed by atoms with E-state index in [1.54, 1.807) is 18.2 Å². The minimum Gasteiger partial charge on any atom is -0.326 e. The van der Waals surface area contributed by atoms with Crippen molar-refractivity contribution in [2.24, 2.45) is 5.92 Å². The number of carbonyl (C=O) groups excluding carboxylic acids is 2. The molecule has 2 aromatic rings. The molecule has 0 saturated carbocycles. The number of halogens is 4. The van der Waals surface area contributed by atoms with E-state index in [0.29, 0.717) is 16.4 Å². The first kappa shape index (κ1) is 18.0. The van der Waals surface area contributed by atoms with Crippen LogP contribution in [-0.4, -0.2) is 18.4 Å². The van der Waals surface area contributed by atoms with Crippen LogP contribution in [0.25, 0.3) is 0 Å². The van der Waals surface area contributed by atoms with Gasteiger partial charge in [-0.2, -0.15) is 0 Å². The molecule has 0 unspecified atom stereocenters. The number of hydrogen-bond acceptors (Lipinski definition) is 2. The molecule has 25 heavy (non-hydrogen) atoms. The third kappa shape index (κ3) is 3.73. The highest BCUT2D eigenvalue weighted by atomic mass is 35.5. The second kappa shape index (κ2) is 7.20. The summed E-state index contributed by atoms with van der Waals surface area (Å²) in [6.07, 6.45) is 0.0452. The molecular formula is C17H12Cl3FN2O2. The van der Waals surface area contributed by atoms with Crippen LogP contribution < -0.4 is 10.2 Å². The molecule has 0 aromatic heterocycles. The molecule has 3 rings (SSSR count). The molecule has 1 aliphatic heterocycles. The van der Waals surface area contributed by atoms with E-state index in [1.165, 1.54) is 17.0 Å². The van der Waals surface area contributed by atoms with Crippen molar-refractivity contribution in [3.05, 3.63) is 57.3 Å². The molecule has 2 amide bonds. The number of nitrogens with zero attached hydrogens (tertiary/aromatic N) is 1. The predicted octanol–water partition coefficient (Wildman–Crippen LogP) is 4.78. The summed E-state index contributed by atoms with van der Waals surface area (Å²) in [6.45, 7) is 0.180. The Morgan fingerprint density at radius 3 is 2.64 bits per heavy atom. The van der Waals surface area contributed by atoms with Gasteiger partial charge in [0.25, 0.3) is 0 Å². The fourth-order valence-electron chi connectivity index (χ4n) is 2.64. The fourth-order valence-corrected chi connectivity index (χ4v) is 3.21. The summed E-state index contributed by atoms with van der Waals surface area (Å²) in [5.41, 5.74) is 0.836. The van der Waals surface area contributed by atoms with Crippen LogP contribution in [-0.2, 0) is 9.59 Å². The Morgan fingerprint density at radius 2 is 1.92 bits per heavy atom. The fraction of sp³-hybridized carbons (Fsp3) is 0.176. The van der Waals surface area contributed by atoms with Gasteiger partial charge in [-0.1, -0.05) is 40.9 Å². The average molecular weight is 402 g/mol. The van der Waals surface area contributed by atoms with Crippen LogP contribution in [0.4, 0.5) is 15.8 Å². The summed E-state index contributed by atoms with van der Waals surface area (Å²) < 4.78 is 13.2. The Kier molecular flexibility index (Phi) is 5.18. The lowest BCUT2D eigenvalue weighted by atomic mass is 10.1. The van der Waals surface area contributed by atoms with Gasteiger partial charge in [0.15, 0.2) is 0 Å². The maximum Gasteiger partial charge on any atom is 0.229 e. The average Bonchev–Trinajstić information content (AvgIpc) is 2.95. The standard InChI is InChI=1S/C17H12Cl3FN2O2/c18-11-2-1-3-14(16(11)20)23-8-9(6-15(23)24)17(25)22-10-4-5-13(21)12(19)7-10/h1-5,7,9H,6,8H2,(H,22,25)/t9-/m1/s1. The summed E-state index contributed by atoms with van der Waals surface area (Å²) in [7, 11) is 0. The lowest BCUT2D eigenvalue weighted by molar-refractivity contribution is -0.122. The highest BCUT2D eigenvalue weighted by molar-refractivity contribution is 6.44. The minimum absolute atomic E-state index is 0.0452. The Labute approximate surface area is 158 Å². The third-order valence-electron chi connectivity index (χ3n) is 3.90. The van der Waals surface area contributed by atoms with Gasteiger partial charge in [0.1, 0.15) is 5.82 Å². The van der Waals surface area contributed by atoms with E-state index in [0.717, 1.165) is 6.07 Å². The van der Waals surface area contributed by atoms with Crippen LogP contribution >= 0.6 is 34.8 Å². The first-order valence-electron chi connectivity index (χ1n) is 7.37. The van der Waals surface area contributed by atoms with Crippen LogP contribution in [0.2, 0.25) is 15.1 Å². The summed E-state index contributed by atoms with van der Waals surface area (Å²) >= 11 is 17.8. The minimum atomic E-state index is -0.572. The van der Waals surface area contributed by atoms with Crippen molar-refractivity contribution < 1.29 is 14.0 Å². The molecule has 4 nitrogen and oxygen atoms in total. The van der Waals surface area contributed by atoms with E-state index >= 15 is 0 Å². The molecule has 0 spiro atoms. The summed E-state index contributed by atoms with van der Waals surface area (Å²) in [6, 6.07) is 8.86. The van der Waals surface area contributed by atoms with Crippen molar-refractivity contribution in [1.82, 2.24) is 0 Å². The van der Waals surface area contributed by atoms with Gasteiger partial charge in [-0.15, -0.1) is 0 Å². The summed E-state index contributed by atoms with van der Waals surface area (Å²) in [5, 5.41) is 3.15. The van der Waals surface area contributed by atoms with E-state index in [9.17, 15) is 14.0 Å². The molecular weight excluding hydrogens is 390 g/mol. The van der Waals surface area contributed by atoms with Crippen molar-refractivity contribution in [3.8, 4) is 0 Å². The zero-order valence-electron chi connectivity index (χ0n) is 12.7. The molecule has 1 N–H and O–H groups in total. The number of amides is 2. The topological polar surface area (TPSA) is 49.4 Å². The lowest BCUT2D eigenvalue weighted by Crippen LogP contribution is -2.28. The summed E-state index contributed by atoms with van der Waals surface area (Å²) in [4.78, 5) is 26.1. The number of anilines is 2. The van der Waals surface area contributed by atoms with Gasteiger partial charge >= 0.3 is 0 Å². The molecule has 1 atom stereocenters. The van der Waals surface area contributed by atoms with Crippen LogP contribution in [0, 0.1) is 11.7 Å². The molecule has 1 saturated heterocycles. The summed E-state index contributed by atoms with van der Waals surface area (Å²) in [5.74, 6) is -1.71. The van der Waals surface area contributed by atoms with Gasteiger partial charge in [-0.05, 0) is 30.3 Å². The van der Waals surface area contributed by atoms with E-state index in [1.807, 2.05) is 0 Å². The van der Waals surface area contributed by atoms with Gasteiger partial charge in [-0.25, -0.2) is 4.39 Å². The Morgan fingerprint density at radius 1 is 1.16 bits per heavy atom.